The number of hydrogen-bond acceptors (Lipinski definition) is 1. The molecule has 1 unspecified atom stereocenters. The van der Waals surface area contributed by atoms with Crippen LogP contribution in [0.15, 0.2) is 24.3 Å². The molecule has 1 rings (SSSR count). The van der Waals surface area contributed by atoms with E-state index >= 15 is 0 Å². The minimum Gasteiger partial charge on any atom is -0.306 e. The van der Waals surface area contributed by atoms with E-state index in [1.54, 1.807) is 0 Å². The molecule has 1 N–H and O–H groups in total. The van der Waals surface area contributed by atoms with E-state index in [2.05, 4.69) is 5.32 Å². The van der Waals surface area contributed by atoms with E-state index in [0.29, 0.717) is 0 Å². The predicted octanol–water partition coefficient (Wildman–Crippen LogP) is 3.45. The number of benzene rings is 1. The minimum absolute atomic E-state index is 0.0839. The van der Waals surface area contributed by atoms with Gasteiger partial charge in [-0.2, -0.15) is 13.2 Å². The van der Waals surface area contributed by atoms with Crippen molar-refractivity contribution in [3.63, 3.8) is 0 Å². The lowest BCUT2D eigenvalue weighted by atomic mass is 10.0. The molecule has 0 fully saturated rings. The van der Waals surface area contributed by atoms with Gasteiger partial charge in [-0.1, -0.05) is 24.3 Å². The van der Waals surface area contributed by atoms with Gasteiger partial charge < -0.3 is 5.32 Å². The van der Waals surface area contributed by atoms with Crippen LogP contribution >= 0.6 is 0 Å². The monoisotopic (exact) mass is 239 g/mol. The third kappa shape index (κ3) is 2.91. The number of hydrogen-bond donors (Lipinski definition) is 1. The lowest BCUT2D eigenvalue weighted by Crippen LogP contribution is -2.31. The van der Waals surface area contributed by atoms with E-state index in [1.807, 2.05) is 0 Å². The van der Waals surface area contributed by atoms with Gasteiger partial charge in [0.15, 0.2) is 0 Å². The molecule has 0 amide bonds. The van der Waals surface area contributed by atoms with Crippen LogP contribution in [-0.4, -0.2) is 13.2 Å². The first-order valence-electron chi connectivity index (χ1n) is 4.48. The van der Waals surface area contributed by atoms with Crippen molar-refractivity contribution in [1.82, 2.24) is 5.32 Å². The van der Waals surface area contributed by atoms with E-state index in [0.717, 1.165) is 24.3 Å². The van der Waals surface area contributed by atoms with Crippen LogP contribution in [0.25, 0.3) is 0 Å². The van der Waals surface area contributed by atoms with Gasteiger partial charge in [-0.25, -0.2) is 8.78 Å². The summed E-state index contributed by atoms with van der Waals surface area (Å²) in [6.45, 7) is 0. The Morgan fingerprint density at radius 2 is 1.44 bits per heavy atom. The molecule has 0 saturated heterocycles. The van der Waals surface area contributed by atoms with Crippen LogP contribution in [0.4, 0.5) is 22.0 Å². The summed E-state index contributed by atoms with van der Waals surface area (Å²) in [4.78, 5) is 0. The highest BCUT2D eigenvalue weighted by Crippen LogP contribution is 2.32. The Kier molecular flexibility index (Phi) is 3.85. The molecule has 1 aromatic rings. The topological polar surface area (TPSA) is 12.0 Å². The average molecular weight is 239 g/mol. The predicted molar refractivity (Wildman–Crippen MR) is 49.3 cm³/mol. The van der Waals surface area contributed by atoms with Gasteiger partial charge in [-0.05, 0) is 12.6 Å². The van der Waals surface area contributed by atoms with Crippen LogP contribution in [-0.2, 0) is 0 Å². The molecule has 0 bridgehead atoms. The van der Waals surface area contributed by atoms with Crippen molar-refractivity contribution in [3.05, 3.63) is 35.4 Å². The lowest BCUT2D eigenvalue weighted by molar-refractivity contribution is -0.156. The molecule has 0 aromatic heterocycles. The number of halogens is 5. The molecule has 0 aliphatic carbocycles. The first kappa shape index (κ1) is 12.9. The second-order valence-electron chi connectivity index (χ2n) is 3.23. The summed E-state index contributed by atoms with van der Waals surface area (Å²) in [5.74, 6) is 0. The fourth-order valence-electron chi connectivity index (χ4n) is 1.35. The molecule has 0 spiro atoms. The van der Waals surface area contributed by atoms with Crippen molar-refractivity contribution in [2.75, 3.05) is 7.05 Å². The van der Waals surface area contributed by atoms with Gasteiger partial charge in [0.2, 0.25) is 0 Å². The summed E-state index contributed by atoms with van der Waals surface area (Å²) in [7, 11) is 1.17. The largest absolute Gasteiger partial charge is 0.407 e. The van der Waals surface area contributed by atoms with Crippen LogP contribution in [0.2, 0.25) is 0 Å². The molecule has 90 valence electrons. The summed E-state index contributed by atoms with van der Waals surface area (Å²) in [6, 6.07) is 2.26. The molecule has 0 aliphatic rings. The standard InChI is InChI=1S/C10H10F5N/c1-16-8(10(13,14)15)6-2-4-7(5-3-6)9(11)12/h2-5,8-9,16H,1H3. The van der Waals surface area contributed by atoms with Gasteiger partial charge in [0.05, 0.1) is 0 Å². The van der Waals surface area contributed by atoms with Crippen LogP contribution < -0.4 is 5.32 Å². The molecule has 16 heavy (non-hydrogen) atoms. The SMILES string of the molecule is CNC(c1ccc(C(F)F)cc1)C(F)(F)F. The molecular formula is C10H10F5N. The van der Waals surface area contributed by atoms with Crippen molar-refractivity contribution >= 4 is 0 Å². The zero-order valence-electron chi connectivity index (χ0n) is 8.35. The zero-order chi connectivity index (χ0) is 12.3. The van der Waals surface area contributed by atoms with Crippen molar-refractivity contribution in [2.24, 2.45) is 0 Å². The molecule has 1 nitrogen and oxygen atoms in total. The molecule has 0 saturated carbocycles. The smallest absolute Gasteiger partial charge is 0.306 e. The number of alkyl halides is 5. The van der Waals surface area contributed by atoms with Crippen LogP contribution in [0.3, 0.4) is 0 Å². The second-order valence-corrected chi connectivity index (χ2v) is 3.23. The fraction of sp³-hybridized carbons (Fsp3) is 0.400. The Morgan fingerprint density at radius 1 is 1.00 bits per heavy atom. The molecule has 1 atom stereocenters. The lowest BCUT2D eigenvalue weighted by Gasteiger charge is -2.20. The maximum absolute atomic E-state index is 12.5. The molecule has 1 aromatic carbocycles. The first-order chi connectivity index (χ1) is 7.36. The van der Waals surface area contributed by atoms with Crippen molar-refractivity contribution in [3.8, 4) is 0 Å². The molecule has 0 radical (unpaired) electrons. The quantitative estimate of drug-likeness (QED) is 0.796. The minimum atomic E-state index is -4.44. The third-order valence-electron chi connectivity index (χ3n) is 2.14. The summed E-state index contributed by atoms with van der Waals surface area (Å²) >= 11 is 0. The number of rotatable bonds is 3. The molecule has 0 heterocycles. The molecule has 0 aliphatic heterocycles. The molecular weight excluding hydrogens is 229 g/mol. The summed E-state index contributed by atoms with van der Waals surface area (Å²) < 4.78 is 61.7. The van der Waals surface area contributed by atoms with Gasteiger partial charge in [-0.3, -0.25) is 0 Å². The normalized spacial score (nSPS) is 14.2. The van der Waals surface area contributed by atoms with Crippen LogP contribution in [0.5, 0.6) is 0 Å². The Bertz CT molecular complexity index is 330. The Hall–Kier alpha value is -1.17. The fourth-order valence-corrected chi connectivity index (χ4v) is 1.35. The highest BCUT2D eigenvalue weighted by Gasteiger charge is 2.39. The van der Waals surface area contributed by atoms with Crippen LogP contribution in [0, 0.1) is 0 Å². The van der Waals surface area contributed by atoms with Crippen molar-refractivity contribution in [1.29, 1.82) is 0 Å². The van der Waals surface area contributed by atoms with Gasteiger partial charge in [0.25, 0.3) is 6.43 Å². The highest BCUT2D eigenvalue weighted by molar-refractivity contribution is 5.26. The maximum atomic E-state index is 12.5. The first-order valence-corrected chi connectivity index (χ1v) is 4.48. The van der Waals surface area contributed by atoms with Gasteiger partial charge in [0, 0.05) is 5.56 Å². The van der Waals surface area contributed by atoms with Gasteiger partial charge in [0.1, 0.15) is 6.04 Å². The Labute approximate surface area is 89.3 Å². The zero-order valence-corrected chi connectivity index (χ0v) is 8.35. The maximum Gasteiger partial charge on any atom is 0.407 e. The third-order valence-corrected chi connectivity index (χ3v) is 2.14. The second kappa shape index (κ2) is 4.78. The van der Waals surface area contributed by atoms with Gasteiger partial charge >= 0.3 is 6.18 Å². The summed E-state index contributed by atoms with van der Waals surface area (Å²) in [5.41, 5.74) is -0.375. The van der Waals surface area contributed by atoms with Crippen molar-refractivity contribution in [2.45, 2.75) is 18.6 Å². The van der Waals surface area contributed by atoms with Crippen LogP contribution in [0.1, 0.15) is 23.6 Å². The molecule has 6 heteroatoms. The van der Waals surface area contributed by atoms with E-state index in [9.17, 15) is 22.0 Å². The summed E-state index contributed by atoms with van der Waals surface area (Å²) in [6.07, 6.45) is -7.12. The number of nitrogens with one attached hydrogen (secondary N) is 1. The van der Waals surface area contributed by atoms with E-state index in [-0.39, 0.29) is 11.1 Å². The van der Waals surface area contributed by atoms with E-state index in [1.165, 1.54) is 7.05 Å². The summed E-state index contributed by atoms with van der Waals surface area (Å²) in [5, 5.41) is 2.09. The Balaban J connectivity index is 2.96. The van der Waals surface area contributed by atoms with Gasteiger partial charge in [-0.15, -0.1) is 0 Å². The Morgan fingerprint density at radius 3 is 1.75 bits per heavy atom. The average Bonchev–Trinajstić information content (AvgIpc) is 2.17. The highest BCUT2D eigenvalue weighted by atomic mass is 19.4. The van der Waals surface area contributed by atoms with E-state index < -0.39 is 18.6 Å². The van der Waals surface area contributed by atoms with Crippen molar-refractivity contribution < 1.29 is 22.0 Å². The van der Waals surface area contributed by atoms with E-state index in [4.69, 9.17) is 0 Å².